The molecule has 2 heterocycles. The zero-order valence-electron chi connectivity index (χ0n) is 14.7. The molecule has 0 spiro atoms. The van der Waals surface area contributed by atoms with Crippen molar-refractivity contribution in [3.8, 4) is 0 Å². The third-order valence-electron chi connectivity index (χ3n) is 4.99. The van der Waals surface area contributed by atoms with Gasteiger partial charge in [0, 0.05) is 6.54 Å². The van der Waals surface area contributed by atoms with Crippen molar-refractivity contribution in [2.75, 3.05) is 0 Å². The molecule has 25 heavy (non-hydrogen) atoms. The number of nitrogens with zero attached hydrogens (tertiary/aromatic N) is 2. The molecule has 1 saturated heterocycles. The smallest absolute Gasteiger partial charge is 0.398 e. The Labute approximate surface area is 144 Å². The van der Waals surface area contributed by atoms with Gasteiger partial charge in [-0.1, -0.05) is 0 Å². The van der Waals surface area contributed by atoms with Crippen LogP contribution in [0, 0.1) is 5.92 Å². The first-order valence-electron chi connectivity index (χ1n) is 8.27. The molecule has 0 amide bonds. The summed E-state index contributed by atoms with van der Waals surface area (Å²) in [5.74, 6) is 0.299. The van der Waals surface area contributed by atoms with Gasteiger partial charge in [-0.05, 0) is 58.6 Å². The zero-order chi connectivity index (χ0) is 18.6. The van der Waals surface area contributed by atoms with Crippen molar-refractivity contribution in [1.29, 1.82) is 0 Å². The van der Waals surface area contributed by atoms with Crippen LogP contribution in [0.25, 0.3) is 6.08 Å². The van der Waals surface area contributed by atoms with Crippen molar-refractivity contribution < 1.29 is 26.9 Å². The summed E-state index contributed by atoms with van der Waals surface area (Å²) in [6, 6.07) is 0.854. The summed E-state index contributed by atoms with van der Waals surface area (Å²) in [5.41, 5.74) is -3.19. The zero-order valence-corrected chi connectivity index (χ0v) is 14.7. The fraction of sp³-hybridized carbons (Fsp3) is 0.688. The van der Waals surface area contributed by atoms with Gasteiger partial charge in [0.15, 0.2) is 5.69 Å². The SMILES string of the molecule is CC1(C)OB(C(F)=Cc2cc(C(F)(F)F)nn2CC2CC2)OC1(C)C. The van der Waals surface area contributed by atoms with Crippen LogP contribution in [-0.4, -0.2) is 28.1 Å². The van der Waals surface area contributed by atoms with Crippen LogP contribution >= 0.6 is 0 Å². The Morgan fingerprint density at radius 1 is 1.28 bits per heavy atom. The quantitative estimate of drug-likeness (QED) is 0.595. The van der Waals surface area contributed by atoms with Gasteiger partial charge in [-0.3, -0.25) is 4.68 Å². The fourth-order valence-electron chi connectivity index (χ4n) is 2.54. The Morgan fingerprint density at radius 3 is 2.32 bits per heavy atom. The maximum atomic E-state index is 14.6. The second-order valence-electron chi connectivity index (χ2n) is 7.70. The third-order valence-corrected chi connectivity index (χ3v) is 4.99. The molecule has 1 aliphatic carbocycles. The van der Waals surface area contributed by atoms with Gasteiger partial charge in [-0.15, -0.1) is 0 Å². The summed E-state index contributed by atoms with van der Waals surface area (Å²) in [5, 5.41) is 3.60. The molecule has 0 atom stereocenters. The Balaban J connectivity index is 1.87. The van der Waals surface area contributed by atoms with Crippen LogP contribution in [0.3, 0.4) is 0 Å². The molecule has 1 aliphatic heterocycles. The van der Waals surface area contributed by atoms with E-state index in [1.807, 2.05) is 0 Å². The maximum absolute atomic E-state index is 14.6. The average Bonchev–Trinajstić information content (AvgIpc) is 3.11. The average molecular weight is 360 g/mol. The lowest BCUT2D eigenvalue weighted by Crippen LogP contribution is -2.41. The third kappa shape index (κ3) is 3.77. The van der Waals surface area contributed by atoms with Gasteiger partial charge in [0.1, 0.15) is 5.73 Å². The molecule has 2 fully saturated rings. The molecule has 1 aromatic heterocycles. The second-order valence-corrected chi connectivity index (χ2v) is 7.70. The van der Waals surface area contributed by atoms with E-state index in [2.05, 4.69) is 5.10 Å². The van der Waals surface area contributed by atoms with Gasteiger partial charge in [-0.25, -0.2) is 4.39 Å². The molecule has 0 radical (unpaired) electrons. The molecule has 0 N–H and O–H groups in total. The van der Waals surface area contributed by atoms with Gasteiger partial charge in [0.05, 0.1) is 16.9 Å². The highest BCUT2D eigenvalue weighted by atomic mass is 19.4. The summed E-state index contributed by atoms with van der Waals surface area (Å²) in [6.07, 6.45) is -1.65. The molecule has 4 nitrogen and oxygen atoms in total. The van der Waals surface area contributed by atoms with E-state index in [0.717, 1.165) is 25.0 Å². The summed E-state index contributed by atoms with van der Waals surface area (Å²) >= 11 is 0. The van der Waals surface area contributed by atoms with Gasteiger partial charge < -0.3 is 9.31 Å². The van der Waals surface area contributed by atoms with Crippen LogP contribution in [0.4, 0.5) is 17.6 Å². The Bertz CT molecular complexity index is 677. The lowest BCUT2D eigenvalue weighted by Gasteiger charge is -2.32. The number of rotatable bonds is 4. The van der Waals surface area contributed by atoms with Crippen LogP contribution in [0.2, 0.25) is 0 Å². The van der Waals surface area contributed by atoms with E-state index in [4.69, 9.17) is 9.31 Å². The normalized spacial score (nSPS) is 23.4. The Kier molecular flexibility index (Phi) is 4.31. The first-order valence-corrected chi connectivity index (χ1v) is 8.27. The minimum atomic E-state index is -4.57. The lowest BCUT2D eigenvalue weighted by atomic mass is 9.87. The van der Waals surface area contributed by atoms with E-state index >= 15 is 0 Å². The first kappa shape index (κ1) is 18.4. The molecule has 3 rings (SSSR count). The van der Waals surface area contributed by atoms with Crippen molar-refractivity contribution in [3.05, 3.63) is 23.2 Å². The number of halogens is 4. The molecular weight excluding hydrogens is 339 g/mol. The van der Waals surface area contributed by atoms with Crippen LogP contribution in [-0.2, 0) is 22.0 Å². The topological polar surface area (TPSA) is 36.3 Å². The molecule has 138 valence electrons. The summed E-state index contributed by atoms with van der Waals surface area (Å²) in [4.78, 5) is 0. The first-order chi connectivity index (χ1) is 11.4. The highest BCUT2D eigenvalue weighted by Gasteiger charge is 2.53. The lowest BCUT2D eigenvalue weighted by molar-refractivity contribution is -0.141. The van der Waals surface area contributed by atoms with Crippen molar-refractivity contribution in [2.45, 2.75) is 64.5 Å². The van der Waals surface area contributed by atoms with E-state index in [0.29, 0.717) is 12.5 Å². The molecular formula is C16H21BF4N2O2. The molecule has 0 aromatic carbocycles. The standard InChI is InChI=1S/C16H21BF4N2O2/c1-14(2)15(3,4)25-17(24-14)13(18)8-11-7-12(16(19,20)21)22-23(11)9-10-5-6-10/h7-8,10H,5-6,9H2,1-4H3. The Morgan fingerprint density at radius 2 is 1.84 bits per heavy atom. The molecule has 9 heteroatoms. The largest absolute Gasteiger partial charge is 0.525 e. The van der Waals surface area contributed by atoms with Crippen molar-refractivity contribution in [1.82, 2.24) is 9.78 Å². The van der Waals surface area contributed by atoms with Crippen molar-refractivity contribution in [3.63, 3.8) is 0 Å². The van der Waals surface area contributed by atoms with Gasteiger partial charge in [-0.2, -0.15) is 18.3 Å². The highest BCUT2D eigenvalue weighted by Crippen LogP contribution is 2.39. The van der Waals surface area contributed by atoms with Gasteiger partial charge in [0.25, 0.3) is 0 Å². The molecule has 1 aromatic rings. The maximum Gasteiger partial charge on any atom is 0.525 e. The minimum absolute atomic E-state index is 0.0615. The fourth-order valence-corrected chi connectivity index (χ4v) is 2.54. The van der Waals surface area contributed by atoms with Crippen LogP contribution in [0.1, 0.15) is 51.9 Å². The molecule has 1 saturated carbocycles. The number of aromatic nitrogens is 2. The monoisotopic (exact) mass is 360 g/mol. The minimum Gasteiger partial charge on any atom is -0.398 e. The molecule has 2 aliphatic rings. The van der Waals surface area contributed by atoms with Gasteiger partial charge in [0.2, 0.25) is 0 Å². The van der Waals surface area contributed by atoms with Crippen LogP contribution in [0.15, 0.2) is 11.8 Å². The van der Waals surface area contributed by atoms with Crippen LogP contribution < -0.4 is 0 Å². The predicted octanol–water partition coefficient (Wildman–Crippen LogP) is 4.25. The molecule has 0 unspecified atom stereocenters. The molecule has 0 bridgehead atoms. The van der Waals surface area contributed by atoms with Crippen molar-refractivity contribution in [2.24, 2.45) is 5.92 Å². The van der Waals surface area contributed by atoms with E-state index in [1.165, 1.54) is 4.68 Å². The van der Waals surface area contributed by atoms with E-state index in [-0.39, 0.29) is 5.69 Å². The second kappa shape index (κ2) is 5.84. The van der Waals surface area contributed by atoms with Crippen molar-refractivity contribution >= 4 is 13.2 Å². The van der Waals surface area contributed by atoms with Crippen LogP contribution in [0.5, 0.6) is 0 Å². The summed E-state index contributed by atoms with van der Waals surface area (Å²) < 4.78 is 65.8. The summed E-state index contributed by atoms with van der Waals surface area (Å²) in [6.45, 7) is 7.45. The van der Waals surface area contributed by atoms with E-state index < -0.39 is 35.9 Å². The Hall–Kier alpha value is -1.35. The van der Waals surface area contributed by atoms with Gasteiger partial charge >= 0.3 is 13.3 Å². The highest BCUT2D eigenvalue weighted by molar-refractivity contribution is 6.54. The van der Waals surface area contributed by atoms with E-state index in [1.54, 1.807) is 27.7 Å². The summed E-state index contributed by atoms with van der Waals surface area (Å²) in [7, 11) is -1.25. The van der Waals surface area contributed by atoms with E-state index in [9.17, 15) is 17.6 Å². The number of hydrogen-bond donors (Lipinski definition) is 0. The predicted molar refractivity (Wildman–Crippen MR) is 85.1 cm³/mol. The number of hydrogen-bond acceptors (Lipinski definition) is 3. The number of alkyl halides is 3.